The van der Waals surface area contributed by atoms with Gasteiger partial charge in [0.15, 0.2) is 0 Å². The summed E-state index contributed by atoms with van der Waals surface area (Å²) in [5.74, 6) is 0.757. The van der Waals surface area contributed by atoms with Gasteiger partial charge >= 0.3 is 0 Å². The summed E-state index contributed by atoms with van der Waals surface area (Å²) < 4.78 is 6.10. The Balaban J connectivity index is 2.05. The zero-order valence-electron chi connectivity index (χ0n) is 7.61. The van der Waals surface area contributed by atoms with Crippen molar-refractivity contribution in [3.05, 3.63) is 45.7 Å². The lowest BCUT2D eigenvalue weighted by molar-refractivity contribution is 0.454. The molecule has 0 bridgehead atoms. The van der Waals surface area contributed by atoms with E-state index in [-0.39, 0.29) is 0 Å². The van der Waals surface area contributed by atoms with Crippen LogP contribution in [0.15, 0.2) is 44.8 Å². The van der Waals surface area contributed by atoms with Gasteiger partial charge in [-0.3, -0.25) is 0 Å². The Morgan fingerprint density at radius 1 is 1.47 bits per heavy atom. The van der Waals surface area contributed by atoms with E-state index < -0.39 is 0 Å². The van der Waals surface area contributed by atoms with Crippen molar-refractivity contribution in [2.75, 3.05) is 0 Å². The molecule has 5 heteroatoms. The fraction of sp³-hybridized carbons (Fsp3) is 0.100. The third-order valence-electron chi connectivity index (χ3n) is 1.78. The zero-order valence-corrected chi connectivity index (χ0v) is 10.8. The number of benzene rings is 1. The molecule has 0 fully saturated rings. The van der Waals surface area contributed by atoms with E-state index in [1.165, 1.54) is 11.8 Å². The minimum absolute atomic E-state index is 0.661. The van der Waals surface area contributed by atoms with Gasteiger partial charge in [0.05, 0.1) is 6.20 Å². The highest BCUT2D eigenvalue weighted by Gasteiger charge is 2.04. The molecule has 15 heavy (non-hydrogen) atoms. The molecule has 0 aliphatic heterocycles. The van der Waals surface area contributed by atoms with Gasteiger partial charge in [0.25, 0.3) is 5.22 Å². The lowest BCUT2D eigenvalue weighted by atomic mass is 10.2. The first-order chi connectivity index (χ1) is 7.25. The summed E-state index contributed by atoms with van der Waals surface area (Å²) >= 11 is 11.0. The van der Waals surface area contributed by atoms with Gasteiger partial charge < -0.3 is 4.42 Å². The van der Waals surface area contributed by atoms with Crippen LogP contribution in [0.3, 0.4) is 0 Å². The SMILES string of the molecule is Clc1cc(Br)ccc1CSc1ncco1. The molecule has 0 aliphatic rings. The summed E-state index contributed by atoms with van der Waals surface area (Å²) in [7, 11) is 0. The minimum atomic E-state index is 0.661. The highest BCUT2D eigenvalue weighted by atomic mass is 79.9. The van der Waals surface area contributed by atoms with Gasteiger partial charge in [-0.05, 0) is 17.7 Å². The van der Waals surface area contributed by atoms with Crippen molar-refractivity contribution in [2.45, 2.75) is 11.0 Å². The number of hydrogen-bond donors (Lipinski definition) is 0. The summed E-state index contributed by atoms with van der Waals surface area (Å²) in [6, 6.07) is 5.84. The van der Waals surface area contributed by atoms with Gasteiger partial charge in [-0.15, -0.1) is 0 Å². The Labute approximate surface area is 105 Å². The first kappa shape index (κ1) is 11.0. The van der Waals surface area contributed by atoms with E-state index in [2.05, 4.69) is 20.9 Å². The van der Waals surface area contributed by atoms with Gasteiger partial charge in [-0.1, -0.05) is 45.4 Å². The molecule has 0 N–H and O–H groups in total. The van der Waals surface area contributed by atoms with Gasteiger partial charge in [0.2, 0.25) is 0 Å². The Morgan fingerprint density at radius 3 is 3.00 bits per heavy atom. The molecular formula is C10H7BrClNOS. The molecule has 0 aliphatic carbocycles. The van der Waals surface area contributed by atoms with Crippen LogP contribution in [0.25, 0.3) is 0 Å². The molecule has 2 aromatic rings. The fourth-order valence-corrected chi connectivity index (χ4v) is 2.67. The molecule has 0 unspecified atom stereocenters. The lowest BCUT2D eigenvalue weighted by Gasteiger charge is -2.02. The summed E-state index contributed by atoms with van der Waals surface area (Å²) in [6.45, 7) is 0. The first-order valence-corrected chi connectivity index (χ1v) is 6.37. The van der Waals surface area contributed by atoms with Gasteiger partial charge in [-0.25, -0.2) is 4.98 Å². The molecular weight excluding hydrogens is 298 g/mol. The molecule has 2 rings (SSSR count). The second-order valence-corrected chi connectivity index (χ2v) is 5.07. The average molecular weight is 305 g/mol. The summed E-state index contributed by atoms with van der Waals surface area (Å²) in [5.41, 5.74) is 1.07. The zero-order chi connectivity index (χ0) is 10.7. The van der Waals surface area contributed by atoms with Gasteiger partial charge in [0, 0.05) is 15.2 Å². The predicted molar refractivity (Wildman–Crippen MR) is 65.2 cm³/mol. The topological polar surface area (TPSA) is 26.0 Å². The Morgan fingerprint density at radius 2 is 2.33 bits per heavy atom. The van der Waals surface area contributed by atoms with E-state index in [1.54, 1.807) is 12.5 Å². The van der Waals surface area contributed by atoms with Crippen molar-refractivity contribution in [1.29, 1.82) is 0 Å². The maximum absolute atomic E-state index is 6.08. The highest BCUT2D eigenvalue weighted by Crippen LogP contribution is 2.27. The van der Waals surface area contributed by atoms with Crippen molar-refractivity contribution in [3.8, 4) is 0 Å². The summed E-state index contributed by atoms with van der Waals surface area (Å²) in [5, 5.41) is 1.41. The summed E-state index contributed by atoms with van der Waals surface area (Å²) in [6.07, 6.45) is 3.19. The van der Waals surface area contributed by atoms with Crippen LogP contribution >= 0.6 is 39.3 Å². The van der Waals surface area contributed by atoms with Crippen molar-refractivity contribution in [2.24, 2.45) is 0 Å². The molecule has 78 valence electrons. The van der Waals surface area contributed by atoms with E-state index in [9.17, 15) is 0 Å². The smallest absolute Gasteiger partial charge is 0.255 e. The van der Waals surface area contributed by atoms with Crippen LogP contribution in [0.1, 0.15) is 5.56 Å². The largest absolute Gasteiger partial charge is 0.440 e. The van der Waals surface area contributed by atoms with Crippen LogP contribution in [-0.4, -0.2) is 4.98 Å². The van der Waals surface area contributed by atoms with Crippen molar-refractivity contribution in [1.82, 2.24) is 4.98 Å². The predicted octanol–water partition coefficient (Wildman–Crippen LogP) is 4.38. The Kier molecular flexibility index (Phi) is 3.72. The van der Waals surface area contributed by atoms with Crippen molar-refractivity contribution < 1.29 is 4.42 Å². The average Bonchev–Trinajstić information content (AvgIpc) is 2.69. The van der Waals surface area contributed by atoms with Crippen LogP contribution in [0.5, 0.6) is 0 Å². The van der Waals surface area contributed by atoms with Crippen LogP contribution < -0.4 is 0 Å². The maximum Gasteiger partial charge on any atom is 0.255 e. The quantitative estimate of drug-likeness (QED) is 0.787. The van der Waals surface area contributed by atoms with Crippen LogP contribution in [0, 0.1) is 0 Å². The Bertz CT molecular complexity index is 447. The molecule has 0 saturated carbocycles. The molecule has 2 nitrogen and oxygen atoms in total. The van der Waals surface area contributed by atoms with E-state index in [0.717, 1.165) is 20.8 Å². The number of halogens is 2. The molecule has 0 spiro atoms. The number of nitrogens with zero attached hydrogens (tertiary/aromatic N) is 1. The van der Waals surface area contributed by atoms with E-state index >= 15 is 0 Å². The molecule has 0 saturated heterocycles. The van der Waals surface area contributed by atoms with Crippen molar-refractivity contribution >= 4 is 39.3 Å². The maximum atomic E-state index is 6.08. The van der Waals surface area contributed by atoms with Crippen LogP contribution in [0.4, 0.5) is 0 Å². The van der Waals surface area contributed by atoms with E-state index in [0.29, 0.717) is 5.22 Å². The van der Waals surface area contributed by atoms with Crippen molar-refractivity contribution in [3.63, 3.8) is 0 Å². The number of aromatic nitrogens is 1. The van der Waals surface area contributed by atoms with E-state index in [1.807, 2.05) is 18.2 Å². The number of thioether (sulfide) groups is 1. The normalized spacial score (nSPS) is 10.5. The minimum Gasteiger partial charge on any atom is -0.440 e. The number of hydrogen-bond acceptors (Lipinski definition) is 3. The van der Waals surface area contributed by atoms with Gasteiger partial charge in [0.1, 0.15) is 6.26 Å². The number of rotatable bonds is 3. The molecule has 0 atom stereocenters. The van der Waals surface area contributed by atoms with Gasteiger partial charge in [-0.2, -0.15) is 0 Å². The molecule has 1 heterocycles. The molecule has 1 aromatic carbocycles. The van der Waals surface area contributed by atoms with Crippen LogP contribution in [0.2, 0.25) is 5.02 Å². The first-order valence-electron chi connectivity index (χ1n) is 4.22. The third-order valence-corrected chi connectivity index (χ3v) is 3.52. The second kappa shape index (κ2) is 5.05. The standard InChI is InChI=1S/C10H7BrClNOS/c11-8-2-1-7(9(12)5-8)6-15-10-13-3-4-14-10/h1-5H,6H2. The highest BCUT2D eigenvalue weighted by molar-refractivity contribution is 9.10. The molecule has 1 aromatic heterocycles. The number of oxazole rings is 1. The summed E-state index contributed by atoms with van der Waals surface area (Å²) in [4.78, 5) is 4.02. The molecule has 0 radical (unpaired) electrons. The van der Waals surface area contributed by atoms with Crippen LogP contribution in [-0.2, 0) is 5.75 Å². The third kappa shape index (κ3) is 3.00. The lowest BCUT2D eigenvalue weighted by Crippen LogP contribution is -1.82. The van der Waals surface area contributed by atoms with E-state index in [4.69, 9.17) is 16.0 Å². The second-order valence-electron chi connectivity index (χ2n) is 2.82. The molecule has 0 amide bonds. The monoisotopic (exact) mass is 303 g/mol. The Hall–Kier alpha value is -0.450. The fourth-order valence-electron chi connectivity index (χ4n) is 1.06.